The summed E-state index contributed by atoms with van der Waals surface area (Å²) in [5.74, 6) is -0.995. The van der Waals surface area contributed by atoms with Crippen LogP contribution in [-0.2, 0) is 14.3 Å². The number of carbonyl (C=O) groups excluding carboxylic acids is 1. The third-order valence-corrected chi connectivity index (χ3v) is 4.03. The van der Waals surface area contributed by atoms with Crippen LogP contribution in [0.2, 0.25) is 0 Å². The minimum absolute atomic E-state index is 0.0653. The molecule has 0 aromatic heterocycles. The number of nitrogens with zero attached hydrogens (tertiary/aromatic N) is 1. The molecular formula is C15H28N2O5. The lowest BCUT2D eigenvalue weighted by molar-refractivity contribution is -0.142. The van der Waals surface area contributed by atoms with E-state index in [-0.39, 0.29) is 18.0 Å². The molecule has 1 saturated carbocycles. The normalized spacial score (nSPS) is 21.4. The lowest BCUT2D eigenvalue weighted by Crippen LogP contribution is -2.47. The number of hydrogen-bond acceptors (Lipinski definition) is 4. The second kappa shape index (κ2) is 10.4. The molecule has 7 heteroatoms. The van der Waals surface area contributed by atoms with Crippen LogP contribution in [0.3, 0.4) is 0 Å². The van der Waals surface area contributed by atoms with Crippen LogP contribution in [-0.4, -0.2) is 68.6 Å². The van der Waals surface area contributed by atoms with E-state index in [0.717, 1.165) is 19.3 Å². The zero-order valence-corrected chi connectivity index (χ0v) is 13.5. The van der Waals surface area contributed by atoms with Crippen molar-refractivity contribution < 1.29 is 24.2 Å². The van der Waals surface area contributed by atoms with Gasteiger partial charge < -0.3 is 24.8 Å². The van der Waals surface area contributed by atoms with Crippen molar-refractivity contribution in [3.63, 3.8) is 0 Å². The third-order valence-electron chi connectivity index (χ3n) is 4.03. The van der Waals surface area contributed by atoms with Crippen LogP contribution < -0.4 is 5.32 Å². The Bertz CT molecular complexity index is 343. The number of ether oxygens (including phenoxy) is 2. The van der Waals surface area contributed by atoms with Crippen molar-refractivity contribution in [2.24, 2.45) is 5.92 Å². The van der Waals surface area contributed by atoms with E-state index >= 15 is 0 Å². The molecule has 1 aliphatic carbocycles. The fourth-order valence-corrected chi connectivity index (χ4v) is 2.67. The molecule has 2 amide bonds. The van der Waals surface area contributed by atoms with Crippen LogP contribution in [0.25, 0.3) is 0 Å². The minimum atomic E-state index is -0.730. The average molecular weight is 316 g/mol. The number of carboxylic acids is 1. The van der Waals surface area contributed by atoms with Crippen LogP contribution in [0.5, 0.6) is 0 Å². The third kappa shape index (κ3) is 6.62. The van der Waals surface area contributed by atoms with Crippen LogP contribution in [0.15, 0.2) is 0 Å². The first-order valence-electron chi connectivity index (χ1n) is 7.84. The van der Waals surface area contributed by atoms with Crippen molar-refractivity contribution in [2.75, 3.05) is 40.5 Å². The number of nitrogens with one attached hydrogen (secondary N) is 1. The Kier molecular flexibility index (Phi) is 8.84. The van der Waals surface area contributed by atoms with Crippen LogP contribution in [0.1, 0.15) is 32.1 Å². The lowest BCUT2D eigenvalue weighted by Gasteiger charge is -2.30. The standard InChI is InChI=1S/C15H28N2O5/c1-21-10-3-8-17(9-11-22-2)15(20)16-13-6-4-12(5-7-13)14(18)19/h12-13H,3-11H2,1-2H3,(H,16,20)(H,18,19). The number of rotatable bonds is 9. The van der Waals surface area contributed by atoms with Gasteiger partial charge in [-0.05, 0) is 32.1 Å². The summed E-state index contributed by atoms with van der Waals surface area (Å²) in [5.41, 5.74) is 0. The number of carboxylic acid groups (broad SMARTS) is 1. The van der Waals surface area contributed by atoms with Gasteiger partial charge in [-0.3, -0.25) is 4.79 Å². The van der Waals surface area contributed by atoms with Gasteiger partial charge in [0.2, 0.25) is 0 Å². The summed E-state index contributed by atoms with van der Waals surface area (Å²) in [6.07, 6.45) is 3.47. The number of amides is 2. The number of carbonyl (C=O) groups is 2. The molecule has 0 spiro atoms. The summed E-state index contributed by atoms with van der Waals surface area (Å²) >= 11 is 0. The average Bonchev–Trinajstić information content (AvgIpc) is 2.51. The molecule has 1 rings (SSSR count). The largest absolute Gasteiger partial charge is 0.481 e. The molecule has 0 aromatic carbocycles. The first kappa shape index (κ1) is 18.7. The van der Waals surface area contributed by atoms with Crippen LogP contribution in [0.4, 0.5) is 4.79 Å². The highest BCUT2D eigenvalue weighted by Crippen LogP contribution is 2.24. The van der Waals surface area contributed by atoms with Crippen molar-refractivity contribution in [3.05, 3.63) is 0 Å². The van der Waals surface area contributed by atoms with Gasteiger partial charge >= 0.3 is 12.0 Å². The molecule has 0 saturated heterocycles. The molecule has 1 aliphatic rings. The van der Waals surface area contributed by atoms with E-state index in [4.69, 9.17) is 14.6 Å². The molecule has 0 atom stereocenters. The van der Waals surface area contributed by atoms with Gasteiger partial charge in [0.15, 0.2) is 0 Å². The minimum Gasteiger partial charge on any atom is -0.481 e. The fraction of sp³-hybridized carbons (Fsp3) is 0.867. The number of methoxy groups -OCH3 is 2. The highest BCUT2D eigenvalue weighted by atomic mass is 16.5. The zero-order chi connectivity index (χ0) is 16.4. The van der Waals surface area contributed by atoms with Gasteiger partial charge in [-0.2, -0.15) is 0 Å². The Labute approximate surface area is 131 Å². The molecule has 0 unspecified atom stereocenters. The van der Waals surface area contributed by atoms with Crippen LogP contribution in [0, 0.1) is 5.92 Å². The van der Waals surface area contributed by atoms with E-state index in [1.165, 1.54) is 0 Å². The highest BCUT2D eigenvalue weighted by molar-refractivity contribution is 5.74. The Morgan fingerprint density at radius 2 is 1.73 bits per heavy atom. The molecule has 1 fully saturated rings. The fourth-order valence-electron chi connectivity index (χ4n) is 2.67. The molecule has 0 aromatic rings. The van der Waals surface area contributed by atoms with Crippen molar-refractivity contribution in [1.82, 2.24) is 10.2 Å². The summed E-state index contributed by atoms with van der Waals surface area (Å²) in [6.45, 7) is 2.26. The van der Waals surface area contributed by atoms with E-state index in [1.54, 1.807) is 19.1 Å². The van der Waals surface area contributed by atoms with E-state index in [9.17, 15) is 9.59 Å². The van der Waals surface area contributed by atoms with E-state index in [2.05, 4.69) is 5.32 Å². The predicted octanol–water partition coefficient (Wildman–Crippen LogP) is 1.32. The molecule has 0 radical (unpaired) electrons. The van der Waals surface area contributed by atoms with Crippen molar-refractivity contribution in [1.29, 1.82) is 0 Å². The van der Waals surface area contributed by atoms with Gasteiger partial charge in [-0.1, -0.05) is 0 Å². The molecule has 2 N–H and O–H groups in total. The van der Waals surface area contributed by atoms with Crippen molar-refractivity contribution in [3.8, 4) is 0 Å². The molecule has 128 valence electrons. The smallest absolute Gasteiger partial charge is 0.317 e. The van der Waals surface area contributed by atoms with Crippen molar-refractivity contribution in [2.45, 2.75) is 38.1 Å². The van der Waals surface area contributed by atoms with Gasteiger partial charge in [-0.25, -0.2) is 4.79 Å². The Morgan fingerprint density at radius 1 is 1.09 bits per heavy atom. The molecule has 0 heterocycles. The van der Waals surface area contributed by atoms with Gasteiger partial charge in [0.05, 0.1) is 12.5 Å². The SMILES string of the molecule is COCCCN(CCOC)C(=O)NC1CCC(C(=O)O)CC1. The molecule has 0 aliphatic heterocycles. The topological polar surface area (TPSA) is 88.1 Å². The number of urea groups is 1. The lowest BCUT2D eigenvalue weighted by atomic mass is 9.86. The second-order valence-electron chi connectivity index (χ2n) is 5.66. The molecular weight excluding hydrogens is 288 g/mol. The van der Waals surface area contributed by atoms with Crippen molar-refractivity contribution >= 4 is 12.0 Å². The summed E-state index contributed by atoms with van der Waals surface area (Å²) in [4.78, 5) is 25.0. The number of hydrogen-bond donors (Lipinski definition) is 2. The first-order valence-corrected chi connectivity index (χ1v) is 7.84. The van der Waals surface area contributed by atoms with Gasteiger partial charge in [-0.15, -0.1) is 0 Å². The van der Waals surface area contributed by atoms with Crippen LogP contribution >= 0.6 is 0 Å². The van der Waals surface area contributed by atoms with E-state index in [1.807, 2.05) is 0 Å². The van der Waals surface area contributed by atoms with E-state index in [0.29, 0.717) is 39.1 Å². The Morgan fingerprint density at radius 3 is 2.27 bits per heavy atom. The summed E-state index contributed by atoms with van der Waals surface area (Å²) in [6, 6.07) is -0.0394. The summed E-state index contributed by atoms with van der Waals surface area (Å²) in [5, 5.41) is 12.0. The molecule has 0 bridgehead atoms. The first-order chi connectivity index (χ1) is 10.6. The maximum absolute atomic E-state index is 12.3. The Balaban J connectivity index is 2.39. The maximum atomic E-state index is 12.3. The quantitative estimate of drug-likeness (QED) is 0.626. The number of aliphatic carboxylic acids is 1. The highest BCUT2D eigenvalue weighted by Gasteiger charge is 2.27. The van der Waals surface area contributed by atoms with Gasteiger partial charge in [0.1, 0.15) is 0 Å². The molecule has 22 heavy (non-hydrogen) atoms. The van der Waals surface area contributed by atoms with E-state index < -0.39 is 5.97 Å². The maximum Gasteiger partial charge on any atom is 0.317 e. The second-order valence-corrected chi connectivity index (χ2v) is 5.66. The summed E-state index contributed by atoms with van der Waals surface area (Å²) < 4.78 is 10.1. The molecule has 7 nitrogen and oxygen atoms in total. The Hall–Kier alpha value is -1.34. The monoisotopic (exact) mass is 316 g/mol. The van der Waals surface area contributed by atoms with Gasteiger partial charge in [0.25, 0.3) is 0 Å². The summed E-state index contributed by atoms with van der Waals surface area (Å²) in [7, 11) is 3.25. The predicted molar refractivity (Wildman–Crippen MR) is 81.9 cm³/mol. The van der Waals surface area contributed by atoms with Gasteiger partial charge in [0, 0.05) is 40.0 Å². The zero-order valence-electron chi connectivity index (χ0n) is 13.5.